The number of hydrogen-bond donors (Lipinski definition) is 1. The maximum absolute atomic E-state index is 12.3. The highest BCUT2D eigenvalue weighted by molar-refractivity contribution is 8.00. The number of fused-ring (bicyclic) bond motifs is 1. The average Bonchev–Trinajstić information content (AvgIpc) is 2.60. The van der Waals surface area contributed by atoms with Crippen molar-refractivity contribution >= 4 is 45.9 Å². The maximum Gasteiger partial charge on any atom is 0.234 e. The first-order valence-electron chi connectivity index (χ1n) is 7.27. The average molecular weight is 359 g/mol. The number of rotatable bonds is 5. The topological polar surface area (TPSA) is 51.2 Å². The van der Waals surface area contributed by atoms with Gasteiger partial charge in [0.05, 0.1) is 24.1 Å². The Kier molecular flexibility index (Phi) is 5.23. The second kappa shape index (κ2) is 7.55. The van der Waals surface area contributed by atoms with Crippen LogP contribution in [0.1, 0.15) is 0 Å². The molecule has 1 amide bonds. The van der Waals surface area contributed by atoms with E-state index < -0.39 is 0 Å². The van der Waals surface area contributed by atoms with Gasteiger partial charge in [0.25, 0.3) is 0 Å². The standard InChI is InChI=1S/C18H15ClN2O2S/c1-23-15-8-7-13(19)10-14(15)21-17(22)11-24-16-6-2-4-12-5-3-9-20-18(12)16/h2-10H,11H2,1H3,(H,21,22). The largest absolute Gasteiger partial charge is 0.495 e. The van der Waals surface area contributed by atoms with Gasteiger partial charge in [-0.15, -0.1) is 11.8 Å². The maximum atomic E-state index is 12.3. The van der Waals surface area contributed by atoms with Crippen molar-refractivity contribution in [1.82, 2.24) is 4.98 Å². The molecule has 0 aliphatic rings. The van der Waals surface area contributed by atoms with Crippen molar-refractivity contribution < 1.29 is 9.53 Å². The molecule has 0 radical (unpaired) electrons. The van der Waals surface area contributed by atoms with Crippen LogP contribution in [0.4, 0.5) is 5.69 Å². The quantitative estimate of drug-likeness (QED) is 0.676. The molecule has 6 heteroatoms. The molecular formula is C18H15ClN2O2S. The van der Waals surface area contributed by atoms with Gasteiger partial charge in [-0.2, -0.15) is 0 Å². The lowest BCUT2D eigenvalue weighted by atomic mass is 10.2. The summed E-state index contributed by atoms with van der Waals surface area (Å²) in [6, 6.07) is 14.9. The molecule has 0 unspecified atom stereocenters. The first kappa shape index (κ1) is 16.6. The van der Waals surface area contributed by atoms with Crippen LogP contribution in [0.2, 0.25) is 5.02 Å². The van der Waals surface area contributed by atoms with Crippen LogP contribution in [0.5, 0.6) is 5.75 Å². The minimum Gasteiger partial charge on any atom is -0.495 e. The van der Waals surface area contributed by atoms with Gasteiger partial charge in [0.15, 0.2) is 0 Å². The second-order valence-electron chi connectivity index (χ2n) is 5.01. The smallest absolute Gasteiger partial charge is 0.234 e. The van der Waals surface area contributed by atoms with E-state index in [9.17, 15) is 4.79 Å². The summed E-state index contributed by atoms with van der Waals surface area (Å²) in [7, 11) is 1.55. The molecule has 1 heterocycles. The molecule has 1 aromatic heterocycles. The van der Waals surface area contributed by atoms with Gasteiger partial charge in [0.2, 0.25) is 5.91 Å². The van der Waals surface area contributed by atoms with Crippen molar-refractivity contribution in [3.8, 4) is 5.75 Å². The Balaban J connectivity index is 1.71. The zero-order chi connectivity index (χ0) is 16.9. The van der Waals surface area contributed by atoms with Gasteiger partial charge in [-0.1, -0.05) is 29.8 Å². The van der Waals surface area contributed by atoms with Crippen LogP contribution in [0.15, 0.2) is 59.6 Å². The summed E-state index contributed by atoms with van der Waals surface area (Å²) < 4.78 is 5.23. The fourth-order valence-corrected chi connectivity index (χ4v) is 3.31. The minimum absolute atomic E-state index is 0.131. The van der Waals surface area contributed by atoms with Crippen molar-refractivity contribution in [2.75, 3.05) is 18.2 Å². The van der Waals surface area contributed by atoms with Crippen molar-refractivity contribution in [3.63, 3.8) is 0 Å². The molecule has 0 aliphatic carbocycles. The number of amides is 1. The number of nitrogens with one attached hydrogen (secondary N) is 1. The lowest BCUT2D eigenvalue weighted by Crippen LogP contribution is -2.14. The Morgan fingerprint density at radius 2 is 2.08 bits per heavy atom. The van der Waals surface area contributed by atoms with E-state index in [2.05, 4.69) is 10.3 Å². The van der Waals surface area contributed by atoms with Crippen molar-refractivity contribution in [1.29, 1.82) is 0 Å². The highest BCUT2D eigenvalue weighted by atomic mass is 35.5. The summed E-state index contributed by atoms with van der Waals surface area (Å²) in [6.07, 6.45) is 1.75. The van der Waals surface area contributed by atoms with E-state index >= 15 is 0 Å². The molecule has 0 saturated carbocycles. The summed E-state index contributed by atoms with van der Waals surface area (Å²) >= 11 is 7.42. The Labute approximate surface area is 149 Å². The number of ether oxygens (including phenoxy) is 1. The van der Waals surface area contributed by atoms with E-state index in [4.69, 9.17) is 16.3 Å². The van der Waals surface area contributed by atoms with Crippen LogP contribution in [0.25, 0.3) is 10.9 Å². The Hall–Kier alpha value is -2.24. The number of pyridine rings is 1. The molecule has 24 heavy (non-hydrogen) atoms. The third-order valence-electron chi connectivity index (χ3n) is 3.39. The molecule has 0 fully saturated rings. The molecular weight excluding hydrogens is 344 g/mol. The predicted octanol–water partition coefficient (Wildman–Crippen LogP) is 4.63. The monoisotopic (exact) mass is 358 g/mol. The Morgan fingerprint density at radius 1 is 1.25 bits per heavy atom. The van der Waals surface area contributed by atoms with E-state index in [-0.39, 0.29) is 11.7 Å². The first-order chi connectivity index (χ1) is 11.7. The van der Waals surface area contributed by atoms with Gasteiger partial charge in [-0.25, -0.2) is 0 Å². The number of nitrogens with zero attached hydrogens (tertiary/aromatic N) is 1. The second-order valence-corrected chi connectivity index (χ2v) is 6.47. The van der Waals surface area contributed by atoms with Gasteiger partial charge >= 0.3 is 0 Å². The first-order valence-corrected chi connectivity index (χ1v) is 8.63. The van der Waals surface area contributed by atoms with Crippen LogP contribution >= 0.6 is 23.4 Å². The summed E-state index contributed by atoms with van der Waals surface area (Å²) in [5.74, 6) is 0.712. The van der Waals surface area contributed by atoms with E-state index in [0.29, 0.717) is 16.5 Å². The molecule has 0 saturated heterocycles. The van der Waals surface area contributed by atoms with Crippen LogP contribution in [0.3, 0.4) is 0 Å². The number of aromatic nitrogens is 1. The normalized spacial score (nSPS) is 10.6. The number of hydrogen-bond acceptors (Lipinski definition) is 4. The van der Waals surface area contributed by atoms with E-state index in [1.807, 2.05) is 30.3 Å². The fourth-order valence-electron chi connectivity index (χ4n) is 2.30. The van der Waals surface area contributed by atoms with Gasteiger partial charge < -0.3 is 10.1 Å². The van der Waals surface area contributed by atoms with Gasteiger partial charge in [0, 0.05) is 21.5 Å². The molecule has 3 rings (SSSR count). The number of benzene rings is 2. The summed E-state index contributed by atoms with van der Waals surface area (Å²) in [5, 5.41) is 4.42. The van der Waals surface area contributed by atoms with Crippen molar-refractivity contribution in [2.45, 2.75) is 4.90 Å². The molecule has 0 aliphatic heterocycles. The van der Waals surface area contributed by atoms with E-state index in [1.165, 1.54) is 11.8 Å². The minimum atomic E-state index is -0.131. The van der Waals surface area contributed by atoms with Crippen LogP contribution < -0.4 is 10.1 Å². The third-order valence-corrected chi connectivity index (χ3v) is 4.67. The molecule has 1 N–H and O–H groups in total. The number of carbonyl (C=O) groups excluding carboxylic acids is 1. The van der Waals surface area contributed by atoms with Crippen LogP contribution in [0, 0.1) is 0 Å². The summed E-state index contributed by atoms with van der Waals surface area (Å²) in [6.45, 7) is 0. The number of halogens is 1. The molecule has 0 bridgehead atoms. The SMILES string of the molecule is COc1ccc(Cl)cc1NC(=O)CSc1cccc2cccnc12. The zero-order valence-electron chi connectivity index (χ0n) is 13.0. The lowest BCUT2D eigenvalue weighted by Gasteiger charge is -2.10. The Bertz CT molecular complexity index is 881. The van der Waals surface area contributed by atoms with Gasteiger partial charge in [0.1, 0.15) is 5.75 Å². The number of thioether (sulfide) groups is 1. The van der Waals surface area contributed by atoms with Crippen molar-refractivity contribution in [3.05, 3.63) is 59.8 Å². The fraction of sp³-hybridized carbons (Fsp3) is 0.111. The van der Waals surface area contributed by atoms with Crippen LogP contribution in [-0.4, -0.2) is 23.8 Å². The summed E-state index contributed by atoms with van der Waals surface area (Å²) in [5.41, 5.74) is 1.46. The molecule has 0 spiro atoms. The van der Waals surface area contributed by atoms with E-state index in [1.54, 1.807) is 31.5 Å². The molecule has 2 aromatic carbocycles. The van der Waals surface area contributed by atoms with Gasteiger partial charge in [-0.3, -0.25) is 9.78 Å². The molecule has 4 nitrogen and oxygen atoms in total. The highest BCUT2D eigenvalue weighted by Gasteiger charge is 2.10. The van der Waals surface area contributed by atoms with Gasteiger partial charge in [-0.05, 0) is 30.3 Å². The highest BCUT2D eigenvalue weighted by Crippen LogP contribution is 2.29. The zero-order valence-corrected chi connectivity index (χ0v) is 14.5. The van der Waals surface area contributed by atoms with Crippen LogP contribution in [-0.2, 0) is 4.79 Å². The third kappa shape index (κ3) is 3.80. The lowest BCUT2D eigenvalue weighted by molar-refractivity contribution is -0.113. The van der Waals surface area contributed by atoms with E-state index in [0.717, 1.165) is 15.8 Å². The number of carbonyl (C=O) groups is 1. The Morgan fingerprint density at radius 3 is 2.92 bits per heavy atom. The number of anilines is 1. The molecule has 0 atom stereocenters. The number of methoxy groups -OCH3 is 1. The summed E-state index contributed by atoms with van der Waals surface area (Å²) in [4.78, 5) is 17.6. The molecule has 3 aromatic rings. The molecule has 122 valence electrons. The predicted molar refractivity (Wildman–Crippen MR) is 99.1 cm³/mol. The van der Waals surface area contributed by atoms with Crippen molar-refractivity contribution in [2.24, 2.45) is 0 Å². The number of para-hydroxylation sites is 1.